The van der Waals surface area contributed by atoms with E-state index < -0.39 is 0 Å². The molecule has 0 aliphatic carbocycles. The quantitative estimate of drug-likeness (QED) is 0.796. The maximum absolute atomic E-state index is 9.11. The Kier molecular flexibility index (Phi) is 2.98. The molecule has 0 N–H and O–H groups in total. The number of furan rings is 1. The first-order valence-corrected chi connectivity index (χ1v) is 4.92. The van der Waals surface area contributed by atoms with Gasteiger partial charge in [0.2, 0.25) is 5.76 Å². The first kappa shape index (κ1) is 11.7. The Hall–Kier alpha value is -2.81. The molecule has 85 valence electrons. The molecule has 0 atom stereocenters. The summed E-state index contributed by atoms with van der Waals surface area (Å²) < 4.78 is 10.1. The molecule has 18 heavy (non-hydrogen) atoms. The number of fused-ring (bicyclic) bond motifs is 1. The third kappa shape index (κ3) is 1.58. The number of hydrogen-bond acceptors (Lipinski definition) is 5. The van der Waals surface area contributed by atoms with Gasteiger partial charge in [0.1, 0.15) is 30.6 Å². The highest BCUT2D eigenvalue weighted by Gasteiger charge is 2.19. The molecule has 1 aromatic heterocycles. The van der Waals surface area contributed by atoms with E-state index in [-0.39, 0.29) is 16.9 Å². The summed E-state index contributed by atoms with van der Waals surface area (Å²) in [4.78, 5) is 0. The average molecular weight is 236 g/mol. The van der Waals surface area contributed by atoms with Crippen molar-refractivity contribution < 1.29 is 9.15 Å². The third-order valence-electron chi connectivity index (χ3n) is 2.47. The van der Waals surface area contributed by atoms with Gasteiger partial charge in [0.05, 0.1) is 16.5 Å². The van der Waals surface area contributed by atoms with Crippen molar-refractivity contribution in [2.75, 3.05) is 7.11 Å². The molecule has 1 radical (unpaired) electrons. The Balaban J connectivity index is 2.90. The van der Waals surface area contributed by atoms with Gasteiger partial charge in [-0.25, -0.2) is 0 Å². The summed E-state index contributed by atoms with van der Waals surface area (Å²) in [5.41, 5.74) is 0.359. The molecule has 0 aliphatic rings. The fraction of sp³-hybridized carbons (Fsp3) is 0.0769. The normalized spacial score (nSPS) is 9.67. The molecule has 2 aromatic rings. The number of nitriles is 3. The van der Waals surface area contributed by atoms with Crippen LogP contribution in [-0.4, -0.2) is 7.11 Å². The van der Waals surface area contributed by atoms with Crippen molar-refractivity contribution in [3.8, 4) is 18.2 Å². The lowest BCUT2D eigenvalue weighted by Crippen LogP contribution is -1.87. The fourth-order valence-corrected chi connectivity index (χ4v) is 1.74. The molecule has 0 spiro atoms. The van der Waals surface area contributed by atoms with Crippen LogP contribution >= 0.6 is 0 Å². The van der Waals surface area contributed by atoms with Gasteiger partial charge >= 0.3 is 0 Å². The highest BCUT2D eigenvalue weighted by Crippen LogP contribution is 2.31. The van der Waals surface area contributed by atoms with E-state index in [0.29, 0.717) is 16.5 Å². The standard InChI is InChI=1S/C13H6N3O2/c1-17-7-12-9-3-2-8(4-14)10(5-15)13(9)11(6-16)18-12/h2-3,7H,1H3. The van der Waals surface area contributed by atoms with Gasteiger partial charge in [0.15, 0.2) is 0 Å². The Morgan fingerprint density at radius 1 is 1.17 bits per heavy atom. The summed E-state index contributed by atoms with van der Waals surface area (Å²) in [5, 5.41) is 28.0. The van der Waals surface area contributed by atoms with Gasteiger partial charge in [-0.05, 0) is 12.1 Å². The lowest BCUT2D eigenvalue weighted by molar-refractivity contribution is 0.273. The molecular weight excluding hydrogens is 230 g/mol. The topological polar surface area (TPSA) is 93.7 Å². The second-order valence-electron chi connectivity index (χ2n) is 3.40. The van der Waals surface area contributed by atoms with Crippen molar-refractivity contribution in [2.24, 2.45) is 0 Å². The highest BCUT2D eigenvalue weighted by molar-refractivity contribution is 5.95. The number of hydrogen-bond donors (Lipinski definition) is 0. The SMILES string of the molecule is CO[CH]c1oc(C#N)c2c(C#N)c(C#N)ccc12. The number of nitrogens with zero attached hydrogens (tertiary/aromatic N) is 3. The number of rotatable bonds is 2. The minimum absolute atomic E-state index is 0.00181. The van der Waals surface area contributed by atoms with Crippen molar-refractivity contribution in [1.29, 1.82) is 15.8 Å². The smallest absolute Gasteiger partial charge is 0.213 e. The molecule has 1 heterocycles. The molecule has 5 nitrogen and oxygen atoms in total. The minimum atomic E-state index is 0.00181. The van der Waals surface area contributed by atoms with Crippen LogP contribution in [-0.2, 0) is 4.74 Å². The van der Waals surface area contributed by atoms with Gasteiger partial charge in [0, 0.05) is 12.5 Å². The first-order chi connectivity index (χ1) is 8.76. The Labute approximate surface area is 103 Å². The Bertz CT molecular complexity index is 739. The summed E-state index contributed by atoms with van der Waals surface area (Å²) in [7, 11) is 1.45. The van der Waals surface area contributed by atoms with Gasteiger partial charge in [-0.1, -0.05) is 0 Å². The van der Waals surface area contributed by atoms with E-state index in [1.54, 1.807) is 6.07 Å². The van der Waals surface area contributed by atoms with E-state index in [1.165, 1.54) is 19.8 Å². The molecule has 0 saturated heterocycles. The van der Waals surface area contributed by atoms with Crippen LogP contribution in [0.5, 0.6) is 0 Å². The largest absolute Gasteiger partial charge is 0.446 e. The molecular formula is C13H6N3O2. The zero-order chi connectivity index (χ0) is 13.1. The zero-order valence-electron chi connectivity index (χ0n) is 9.39. The van der Waals surface area contributed by atoms with E-state index in [1.807, 2.05) is 18.2 Å². The van der Waals surface area contributed by atoms with E-state index >= 15 is 0 Å². The van der Waals surface area contributed by atoms with Gasteiger partial charge in [-0.15, -0.1) is 0 Å². The van der Waals surface area contributed by atoms with Gasteiger partial charge in [-0.2, -0.15) is 15.8 Å². The van der Waals surface area contributed by atoms with Gasteiger partial charge in [0.25, 0.3) is 0 Å². The molecule has 5 heteroatoms. The summed E-state index contributed by atoms with van der Waals surface area (Å²) in [6.07, 6.45) is 0. The highest BCUT2D eigenvalue weighted by atomic mass is 16.5. The molecule has 0 bridgehead atoms. The maximum atomic E-state index is 9.11. The first-order valence-electron chi connectivity index (χ1n) is 4.92. The zero-order valence-corrected chi connectivity index (χ0v) is 9.39. The van der Waals surface area contributed by atoms with Crippen molar-refractivity contribution in [1.82, 2.24) is 0 Å². The maximum Gasteiger partial charge on any atom is 0.213 e. The van der Waals surface area contributed by atoms with E-state index in [4.69, 9.17) is 24.9 Å². The van der Waals surface area contributed by atoms with E-state index in [9.17, 15) is 0 Å². The lowest BCUT2D eigenvalue weighted by Gasteiger charge is -1.97. The van der Waals surface area contributed by atoms with Crippen LogP contribution in [0.1, 0.15) is 22.6 Å². The van der Waals surface area contributed by atoms with Crippen molar-refractivity contribution >= 4 is 10.8 Å². The average Bonchev–Trinajstić information content (AvgIpc) is 2.76. The Morgan fingerprint density at radius 2 is 1.94 bits per heavy atom. The van der Waals surface area contributed by atoms with Crippen molar-refractivity contribution in [2.45, 2.75) is 0 Å². The fourth-order valence-electron chi connectivity index (χ4n) is 1.74. The Morgan fingerprint density at radius 3 is 2.50 bits per heavy atom. The van der Waals surface area contributed by atoms with Crippen LogP contribution in [0, 0.1) is 40.6 Å². The minimum Gasteiger partial charge on any atom is -0.446 e. The molecule has 0 fully saturated rings. The van der Waals surface area contributed by atoms with Crippen LogP contribution in [0.3, 0.4) is 0 Å². The molecule has 1 aromatic carbocycles. The van der Waals surface area contributed by atoms with Crippen molar-refractivity contribution in [3.63, 3.8) is 0 Å². The van der Waals surface area contributed by atoms with E-state index in [2.05, 4.69) is 0 Å². The molecule has 0 aliphatic heterocycles. The van der Waals surface area contributed by atoms with Crippen LogP contribution < -0.4 is 0 Å². The molecule has 0 unspecified atom stereocenters. The summed E-state index contributed by atoms with van der Waals surface area (Å²) in [6, 6.07) is 8.87. The van der Waals surface area contributed by atoms with Gasteiger partial charge < -0.3 is 9.15 Å². The number of methoxy groups -OCH3 is 1. The van der Waals surface area contributed by atoms with Crippen LogP contribution in [0.15, 0.2) is 16.5 Å². The second kappa shape index (κ2) is 4.59. The number of benzene rings is 1. The summed E-state index contributed by atoms with van der Waals surface area (Å²) >= 11 is 0. The monoisotopic (exact) mass is 236 g/mol. The predicted octanol–water partition coefficient (Wildman–Crippen LogP) is 2.20. The van der Waals surface area contributed by atoms with Crippen LogP contribution in [0.25, 0.3) is 10.8 Å². The molecule has 0 saturated carbocycles. The third-order valence-corrected chi connectivity index (χ3v) is 2.47. The van der Waals surface area contributed by atoms with Crippen LogP contribution in [0.4, 0.5) is 0 Å². The predicted molar refractivity (Wildman–Crippen MR) is 60.8 cm³/mol. The summed E-state index contributed by atoms with van der Waals surface area (Å²) in [5.74, 6) is 0.354. The van der Waals surface area contributed by atoms with Crippen molar-refractivity contribution in [3.05, 3.63) is 41.4 Å². The van der Waals surface area contributed by atoms with Crippen LogP contribution in [0.2, 0.25) is 0 Å². The molecule has 0 amide bonds. The molecule has 2 rings (SSSR count). The second-order valence-corrected chi connectivity index (χ2v) is 3.40. The number of ether oxygens (including phenoxy) is 1. The lowest BCUT2D eigenvalue weighted by atomic mass is 10.0. The van der Waals surface area contributed by atoms with E-state index in [0.717, 1.165) is 0 Å². The summed E-state index contributed by atoms with van der Waals surface area (Å²) in [6.45, 7) is 1.34. The van der Waals surface area contributed by atoms with Gasteiger partial charge in [-0.3, -0.25) is 0 Å².